The van der Waals surface area contributed by atoms with Crippen LogP contribution in [-0.2, 0) is 0 Å². The number of piperidine rings is 1. The number of piperazine rings is 1. The van der Waals surface area contributed by atoms with E-state index in [-0.39, 0.29) is 22.5 Å². The van der Waals surface area contributed by atoms with Crippen LogP contribution >= 0.6 is 0 Å². The van der Waals surface area contributed by atoms with Gasteiger partial charge in [0.15, 0.2) is 0 Å². The Balaban J connectivity index is 1.80. The second-order valence-electron chi connectivity index (χ2n) is 7.20. The van der Waals surface area contributed by atoms with Gasteiger partial charge in [-0.3, -0.25) is 15.5 Å². The third-order valence-corrected chi connectivity index (χ3v) is 5.32. The van der Waals surface area contributed by atoms with Crippen molar-refractivity contribution in [3.63, 3.8) is 0 Å². The number of likely N-dealkylation sites (tertiary alicyclic amines) is 1. The van der Waals surface area contributed by atoms with E-state index < -0.39 is 0 Å². The number of nitro groups is 1. The van der Waals surface area contributed by atoms with Crippen LogP contribution in [0.15, 0.2) is 6.33 Å². The first kappa shape index (κ1) is 18.7. The van der Waals surface area contributed by atoms with Crippen molar-refractivity contribution in [1.29, 1.82) is 0 Å². The number of likely N-dealkylation sites (N-methyl/N-ethyl adjacent to an activating group) is 1. The van der Waals surface area contributed by atoms with Gasteiger partial charge in [-0.1, -0.05) is 0 Å². The third kappa shape index (κ3) is 4.19. The molecule has 2 fully saturated rings. The molecule has 10 heteroatoms. The Morgan fingerprint density at radius 2 is 1.73 bits per heavy atom. The summed E-state index contributed by atoms with van der Waals surface area (Å²) in [5.41, 5.74) is 3.09. The van der Waals surface area contributed by atoms with Gasteiger partial charge in [0.05, 0.1) is 4.92 Å². The molecule has 0 spiro atoms. The van der Waals surface area contributed by atoms with Gasteiger partial charge in [0, 0.05) is 39.3 Å². The summed E-state index contributed by atoms with van der Waals surface area (Å²) < 4.78 is 0. The molecule has 0 aliphatic carbocycles. The van der Waals surface area contributed by atoms with Crippen molar-refractivity contribution in [1.82, 2.24) is 24.8 Å². The van der Waals surface area contributed by atoms with E-state index in [1.807, 2.05) is 17.0 Å². The Kier molecular flexibility index (Phi) is 5.84. The van der Waals surface area contributed by atoms with E-state index in [9.17, 15) is 10.1 Å². The van der Waals surface area contributed by atoms with Gasteiger partial charge in [0.25, 0.3) is 0 Å². The van der Waals surface area contributed by atoms with Crippen molar-refractivity contribution < 1.29 is 4.92 Å². The maximum absolute atomic E-state index is 11.8. The molecule has 0 saturated carbocycles. The number of aromatic nitrogens is 2. The van der Waals surface area contributed by atoms with Crippen molar-refractivity contribution in [3.8, 4) is 0 Å². The fourth-order valence-corrected chi connectivity index (χ4v) is 3.50. The first-order valence-corrected chi connectivity index (χ1v) is 9.06. The van der Waals surface area contributed by atoms with Gasteiger partial charge in [0.1, 0.15) is 6.33 Å². The lowest BCUT2D eigenvalue weighted by Crippen LogP contribution is -2.47. The number of nitrogens with one attached hydrogen (secondary N) is 1. The Bertz CT molecular complexity index is 627. The smallest absolute Gasteiger partial charge is 0.351 e. The van der Waals surface area contributed by atoms with Crippen LogP contribution in [0.1, 0.15) is 12.8 Å². The van der Waals surface area contributed by atoms with Crippen LogP contribution in [0.25, 0.3) is 0 Å². The molecule has 1 N–H and O–H groups in total. The molecule has 0 bridgehead atoms. The van der Waals surface area contributed by atoms with Gasteiger partial charge in [-0.2, -0.15) is 0 Å². The summed E-state index contributed by atoms with van der Waals surface area (Å²) >= 11 is 0. The molecule has 3 heterocycles. The Labute approximate surface area is 153 Å². The molecule has 0 aromatic carbocycles. The van der Waals surface area contributed by atoms with Gasteiger partial charge in [0.2, 0.25) is 11.6 Å². The molecule has 0 amide bonds. The van der Waals surface area contributed by atoms with E-state index >= 15 is 0 Å². The predicted octanol–water partition coefficient (Wildman–Crippen LogP) is 0.490. The average molecular weight is 364 g/mol. The molecule has 0 unspecified atom stereocenters. The lowest BCUT2D eigenvalue weighted by Gasteiger charge is -2.35. The van der Waals surface area contributed by atoms with E-state index in [1.165, 1.54) is 6.33 Å². The zero-order chi connectivity index (χ0) is 18.7. The van der Waals surface area contributed by atoms with Crippen molar-refractivity contribution >= 4 is 17.3 Å². The first-order valence-electron chi connectivity index (χ1n) is 9.06. The largest absolute Gasteiger partial charge is 0.354 e. The zero-order valence-electron chi connectivity index (χ0n) is 15.8. The molecule has 2 aliphatic heterocycles. The summed E-state index contributed by atoms with van der Waals surface area (Å²) in [5, 5.41) is 13.8. The third-order valence-electron chi connectivity index (χ3n) is 5.32. The van der Waals surface area contributed by atoms with E-state index in [4.69, 9.17) is 0 Å². The van der Waals surface area contributed by atoms with Gasteiger partial charge >= 0.3 is 5.69 Å². The van der Waals surface area contributed by atoms with Crippen molar-refractivity contribution in [2.45, 2.75) is 18.9 Å². The van der Waals surface area contributed by atoms with Gasteiger partial charge in [-0.25, -0.2) is 15.0 Å². The Morgan fingerprint density at radius 3 is 2.35 bits per heavy atom. The van der Waals surface area contributed by atoms with Gasteiger partial charge in [-0.05, 0) is 40.0 Å². The van der Waals surface area contributed by atoms with Crippen LogP contribution in [0.3, 0.4) is 0 Å². The standard InChI is InChI=1S/C16H28N8O2/c1-20-6-4-13(5-7-20)22(3)16-14(24(25)26)15(17-12-18-16)19-23-10-8-21(2)9-11-23/h12-13H,4-11H2,1-3H3,(H,17,18,19). The minimum Gasteiger partial charge on any atom is -0.351 e. The SMILES string of the molecule is CN1CCC(N(C)c2ncnc(NN3CCN(C)CC3)c2[N+](=O)[O-])CC1. The maximum Gasteiger partial charge on any atom is 0.354 e. The number of hydrazine groups is 1. The predicted molar refractivity (Wildman–Crippen MR) is 100 cm³/mol. The monoisotopic (exact) mass is 364 g/mol. The quantitative estimate of drug-likeness (QED) is 0.591. The fourth-order valence-electron chi connectivity index (χ4n) is 3.50. The summed E-state index contributed by atoms with van der Waals surface area (Å²) in [6.07, 6.45) is 3.34. The molecular formula is C16H28N8O2. The van der Waals surface area contributed by atoms with Crippen LogP contribution in [0.2, 0.25) is 0 Å². The molecule has 3 rings (SSSR count). The maximum atomic E-state index is 11.8. The van der Waals surface area contributed by atoms with E-state index in [0.717, 1.165) is 52.1 Å². The van der Waals surface area contributed by atoms with Gasteiger partial charge < -0.3 is 14.7 Å². The van der Waals surface area contributed by atoms with Crippen LogP contribution in [0.5, 0.6) is 0 Å². The summed E-state index contributed by atoms with van der Waals surface area (Å²) in [5.74, 6) is 0.653. The van der Waals surface area contributed by atoms with E-state index in [1.54, 1.807) is 0 Å². The van der Waals surface area contributed by atoms with E-state index in [2.05, 4.69) is 39.3 Å². The Hall–Kier alpha value is -2.04. The molecule has 2 aliphatic rings. The highest BCUT2D eigenvalue weighted by molar-refractivity contribution is 5.70. The number of anilines is 2. The second kappa shape index (κ2) is 8.11. The topological polar surface area (TPSA) is 93.9 Å². The first-order chi connectivity index (χ1) is 12.5. The number of nitrogens with zero attached hydrogens (tertiary/aromatic N) is 7. The Morgan fingerprint density at radius 1 is 1.12 bits per heavy atom. The zero-order valence-corrected chi connectivity index (χ0v) is 15.8. The van der Waals surface area contributed by atoms with Crippen LogP contribution < -0.4 is 10.3 Å². The molecule has 1 aromatic rings. The summed E-state index contributed by atoms with van der Waals surface area (Å²) in [6, 6.07) is 0.247. The summed E-state index contributed by atoms with van der Waals surface area (Å²) in [7, 11) is 6.06. The molecule has 10 nitrogen and oxygen atoms in total. The van der Waals surface area contributed by atoms with Crippen LogP contribution in [0.4, 0.5) is 17.3 Å². The van der Waals surface area contributed by atoms with Crippen molar-refractivity contribution in [3.05, 3.63) is 16.4 Å². The summed E-state index contributed by atoms with van der Waals surface area (Å²) in [4.78, 5) is 26.3. The number of hydrogen-bond acceptors (Lipinski definition) is 9. The van der Waals surface area contributed by atoms with Crippen LogP contribution in [0, 0.1) is 10.1 Å². The average Bonchev–Trinajstić information content (AvgIpc) is 2.63. The van der Waals surface area contributed by atoms with Crippen molar-refractivity contribution in [2.75, 3.05) is 70.7 Å². The molecule has 0 radical (unpaired) electrons. The lowest BCUT2D eigenvalue weighted by molar-refractivity contribution is -0.383. The highest BCUT2D eigenvalue weighted by Gasteiger charge is 2.31. The number of hydrogen-bond donors (Lipinski definition) is 1. The molecule has 144 valence electrons. The van der Waals surface area contributed by atoms with E-state index in [0.29, 0.717) is 5.82 Å². The summed E-state index contributed by atoms with van der Waals surface area (Å²) in [6.45, 7) is 5.37. The highest BCUT2D eigenvalue weighted by Crippen LogP contribution is 2.33. The normalized spacial score (nSPS) is 20.9. The minimum absolute atomic E-state index is 0.0483. The van der Waals surface area contributed by atoms with Crippen molar-refractivity contribution in [2.24, 2.45) is 0 Å². The van der Waals surface area contributed by atoms with Crippen LogP contribution in [-0.4, -0.2) is 96.2 Å². The van der Waals surface area contributed by atoms with Gasteiger partial charge in [-0.15, -0.1) is 0 Å². The molecule has 0 atom stereocenters. The fraction of sp³-hybridized carbons (Fsp3) is 0.750. The highest BCUT2D eigenvalue weighted by atomic mass is 16.6. The molecule has 1 aromatic heterocycles. The number of rotatable bonds is 5. The molecule has 2 saturated heterocycles. The molecule has 26 heavy (non-hydrogen) atoms. The lowest BCUT2D eigenvalue weighted by atomic mass is 10.0. The second-order valence-corrected chi connectivity index (χ2v) is 7.20. The molecular weight excluding hydrogens is 336 g/mol. The minimum atomic E-state index is -0.376.